The Morgan fingerprint density at radius 2 is 1.74 bits per heavy atom. The Kier molecular flexibility index (Phi) is 2.76. The summed E-state index contributed by atoms with van der Waals surface area (Å²) >= 11 is 5.67. The third-order valence-electron chi connectivity index (χ3n) is 2.64. The Balaban J connectivity index is 2.18. The van der Waals surface area contributed by atoms with Crippen LogP contribution in [0.2, 0.25) is 5.28 Å². The van der Waals surface area contributed by atoms with E-state index in [1.165, 1.54) is 16.8 Å². The minimum absolute atomic E-state index is 0.0780. The molecule has 0 N–H and O–H groups in total. The molecule has 3 aromatic rings. The van der Waals surface area contributed by atoms with Crippen LogP contribution in [0.1, 0.15) is 0 Å². The number of rotatable bonds is 2. The molecule has 0 aliphatic rings. The molecule has 7 heteroatoms. The zero-order valence-electron chi connectivity index (χ0n) is 9.56. The first kappa shape index (κ1) is 12.1. The molecule has 3 rings (SSSR count). The van der Waals surface area contributed by atoms with Gasteiger partial charge in [-0.2, -0.15) is 4.98 Å². The van der Waals surface area contributed by atoms with Crippen molar-refractivity contribution in [1.29, 1.82) is 0 Å². The summed E-state index contributed by atoms with van der Waals surface area (Å²) in [5.41, 5.74) is 0.497. The summed E-state index contributed by atoms with van der Waals surface area (Å²) in [5.74, 6) is 0. The largest absolute Gasteiger partial charge is 0.243 e. The molecule has 0 aliphatic carbocycles. The van der Waals surface area contributed by atoms with E-state index in [-0.39, 0.29) is 15.1 Å². The lowest BCUT2D eigenvalue weighted by Gasteiger charge is -2.04. The van der Waals surface area contributed by atoms with Crippen LogP contribution >= 0.6 is 11.6 Å². The topological polar surface area (TPSA) is 64.3 Å². The molecule has 2 heterocycles. The van der Waals surface area contributed by atoms with Crippen molar-refractivity contribution in [2.24, 2.45) is 0 Å². The third-order valence-corrected chi connectivity index (χ3v) is 4.56. The maximum atomic E-state index is 12.4. The lowest BCUT2D eigenvalue weighted by molar-refractivity contribution is 0.595. The van der Waals surface area contributed by atoms with Crippen LogP contribution in [-0.4, -0.2) is 23.0 Å². The maximum absolute atomic E-state index is 12.4. The lowest BCUT2D eigenvalue weighted by Crippen LogP contribution is -2.03. The number of halogens is 1. The number of hydrogen-bond acceptors (Lipinski definition) is 4. The Morgan fingerprint density at radius 1 is 1.00 bits per heavy atom. The molecule has 0 aliphatic heterocycles. The molecular formula is C12H8ClN3O2S. The molecule has 96 valence electrons. The summed E-state index contributed by atoms with van der Waals surface area (Å²) in [6.45, 7) is 0. The molecule has 19 heavy (non-hydrogen) atoms. The minimum Gasteiger partial charge on any atom is -0.218 e. The van der Waals surface area contributed by atoms with Gasteiger partial charge in [0.1, 0.15) is 0 Å². The summed E-state index contributed by atoms with van der Waals surface area (Å²) in [6, 6.07) is 11.3. The summed E-state index contributed by atoms with van der Waals surface area (Å²) in [7, 11) is -3.55. The molecule has 0 bridgehead atoms. The summed E-state index contributed by atoms with van der Waals surface area (Å²) < 4.78 is 26.1. The fourth-order valence-electron chi connectivity index (χ4n) is 1.73. The average Bonchev–Trinajstić information content (AvgIpc) is 2.78. The monoisotopic (exact) mass is 293 g/mol. The van der Waals surface area contributed by atoms with Gasteiger partial charge in [-0.05, 0) is 35.9 Å². The number of hydrogen-bond donors (Lipinski definition) is 0. The number of pyridine rings is 1. The summed E-state index contributed by atoms with van der Waals surface area (Å²) in [4.78, 5) is 4.31. The zero-order chi connectivity index (χ0) is 13.5. The highest BCUT2D eigenvalue weighted by atomic mass is 35.5. The smallest absolute Gasteiger partial charge is 0.218 e. The van der Waals surface area contributed by atoms with Crippen LogP contribution in [0, 0.1) is 0 Å². The highest BCUT2D eigenvalue weighted by Gasteiger charge is 2.18. The van der Waals surface area contributed by atoms with Crippen LogP contribution in [0.4, 0.5) is 0 Å². The van der Waals surface area contributed by atoms with E-state index >= 15 is 0 Å². The third kappa shape index (κ3) is 2.09. The van der Waals surface area contributed by atoms with Crippen LogP contribution in [-0.2, 0) is 9.84 Å². The minimum atomic E-state index is -3.55. The van der Waals surface area contributed by atoms with Gasteiger partial charge < -0.3 is 0 Å². The lowest BCUT2D eigenvalue weighted by atomic mass is 10.4. The first-order valence-corrected chi connectivity index (χ1v) is 7.25. The molecule has 0 fully saturated rings. The van der Waals surface area contributed by atoms with E-state index in [9.17, 15) is 8.42 Å². The Hall–Kier alpha value is -1.92. The first-order valence-electron chi connectivity index (χ1n) is 5.39. The van der Waals surface area contributed by atoms with Gasteiger partial charge in [-0.1, -0.05) is 18.2 Å². The summed E-state index contributed by atoms with van der Waals surface area (Å²) in [5, 5.41) is 3.97. The van der Waals surface area contributed by atoms with Gasteiger partial charge in [0.15, 0.2) is 5.65 Å². The van der Waals surface area contributed by atoms with Crippen molar-refractivity contribution in [3.05, 3.63) is 53.9 Å². The normalized spacial score (nSPS) is 11.8. The molecule has 0 saturated heterocycles. The standard InChI is InChI=1S/C12H8ClN3O2S/c13-12-14-11-7-6-10(8-16(11)15-12)19(17,18)9-4-2-1-3-5-9/h1-8H. The Labute approximate surface area is 114 Å². The fraction of sp³-hybridized carbons (Fsp3) is 0. The highest BCUT2D eigenvalue weighted by molar-refractivity contribution is 7.91. The number of aromatic nitrogens is 3. The predicted molar refractivity (Wildman–Crippen MR) is 69.9 cm³/mol. The molecule has 1 aromatic carbocycles. The average molecular weight is 294 g/mol. The molecular weight excluding hydrogens is 286 g/mol. The second kappa shape index (κ2) is 4.32. The van der Waals surface area contributed by atoms with E-state index < -0.39 is 9.84 Å². The number of fused-ring (bicyclic) bond motifs is 1. The Bertz CT molecular complexity index is 844. The van der Waals surface area contributed by atoms with Gasteiger partial charge >= 0.3 is 0 Å². The zero-order valence-corrected chi connectivity index (χ0v) is 11.1. The molecule has 2 aromatic heterocycles. The molecule has 0 spiro atoms. The van der Waals surface area contributed by atoms with Crippen molar-refractivity contribution in [3.63, 3.8) is 0 Å². The van der Waals surface area contributed by atoms with Crippen molar-refractivity contribution >= 4 is 27.1 Å². The van der Waals surface area contributed by atoms with Crippen molar-refractivity contribution in [2.45, 2.75) is 9.79 Å². The van der Waals surface area contributed by atoms with E-state index in [2.05, 4.69) is 10.1 Å². The number of benzene rings is 1. The van der Waals surface area contributed by atoms with E-state index in [0.29, 0.717) is 5.65 Å². The molecule has 5 nitrogen and oxygen atoms in total. The second-order valence-electron chi connectivity index (χ2n) is 3.86. The van der Waals surface area contributed by atoms with Gasteiger partial charge in [0.05, 0.1) is 16.0 Å². The van der Waals surface area contributed by atoms with Crippen LogP contribution in [0.3, 0.4) is 0 Å². The van der Waals surface area contributed by atoms with Gasteiger partial charge in [0.25, 0.3) is 0 Å². The fourth-order valence-corrected chi connectivity index (χ4v) is 3.17. The molecule has 0 unspecified atom stereocenters. The van der Waals surface area contributed by atoms with Gasteiger partial charge in [-0.15, -0.1) is 5.10 Å². The van der Waals surface area contributed by atoms with Crippen LogP contribution in [0.25, 0.3) is 5.65 Å². The van der Waals surface area contributed by atoms with Crippen LogP contribution in [0.15, 0.2) is 58.5 Å². The molecule has 0 amide bonds. The van der Waals surface area contributed by atoms with Crippen LogP contribution < -0.4 is 0 Å². The molecule has 0 saturated carbocycles. The maximum Gasteiger partial charge on any atom is 0.243 e. The summed E-state index contributed by atoms with van der Waals surface area (Å²) in [6.07, 6.45) is 1.40. The van der Waals surface area contributed by atoms with Gasteiger partial charge in [-0.3, -0.25) is 0 Å². The predicted octanol–water partition coefficient (Wildman–Crippen LogP) is 2.22. The highest BCUT2D eigenvalue weighted by Crippen LogP contribution is 2.20. The van der Waals surface area contributed by atoms with Crippen LogP contribution in [0.5, 0.6) is 0 Å². The quantitative estimate of drug-likeness (QED) is 0.727. The van der Waals surface area contributed by atoms with E-state index in [4.69, 9.17) is 11.6 Å². The number of sulfone groups is 1. The van der Waals surface area contributed by atoms with E-state index in [0.717, 1.165) is 0 Å². The van der Waals surface area contributed by atoms with Crippen molar-refractivity contribution in [1.82, 2.24) is 14.6 Å². The van der Waals surface area contributed by atoms with E-state index in [1.54, 1.807) is 36.4 Å². The van der Waals surface area contributed by atoms with Crippen molar-refractivity contribution in [3.8, 4) is 0 Å². The number of nitrogens with zero attached hydrogens (tertiary/aromatic N) is 3. The molecule has 0 radical (unpaired) electrons. The van der Waals surface area contributed by atoms with Gasteiger partial charge in [-0.25, -0.2) is 12.9 Å². The SMILES string of the molecule is O=S(=O)(c1ccccc1)c1ccc2nc(Cl)nn2c1. The van der Waals surface area contributed by atoms with Crippen molar-refractivity contribution in [2.75, 3.05) is 0 Å². The second-order valence-corrected chi connectivity index (χ2v) is 6.15. The van der Waals surface area contributed by atoms with E-state index in [1.807, 2.05) is 0 Å². The van der Waals surface area contributed by atoms with Gasteiger partial charge in [0.2, 0.25) is 15.1 Å². The van der Waals surface area contributed by atoms with Crippen molar-refractivity contribution < 1.29 is 8.42 Å². The van der Waals surface area contributed by atoms with Gasteiger partial charge in [0, 0.05) is 0 Å². The molecule has 0 atom stereocenters. The Morgan fingerprint density at radius 3 is 2.47 bits per heavy atom. The first-order chi connectivity index (χ1) is 9.07.